The molecule has 0 saturated carbocycles. The van der Waals surface area contributed by atoms with Crippen LogP contribution in [-0.2, 0) is 0 Å². The van der Waals surface area contributed by atoms with Crippen LogP contribution in [0.15, 0.2) is 18.2 Å². The zero-order chi connectivity index (χ0) is 10.8. The van der Waals surface area contributed by atoms with Crippen molar-refractivity contribution >= 4 is 28.6 Å². The highest BCUT2D eigenvalue weighted by Gasteiger charge is 2.04. The summed E-state index contributed by atoms with van der Waals surface area (Å²) in [5, 5.41) is 9.49. The van der Waals surface area contributed by atoms with E-state index in [2.05, 4.69) is 10.2 Å². The summed E-state index contributed by atoms with van der Waals surface area (Å²) in [4.78, 5) is 0. The van der Waals surface area contributed by atoms with E-state index < -0.39 is 0 Å². The third-order valence-electron chi connectivity index (χ3n) is 1.68. The standard InChI is InChI=1S/C9H8ClN3OS/c1-5-12-13-9(15-5)14-6-2-3-8(11)7(10)4-6/h2-4H,11H2,1H3. The Morgan fingerprint density at radius 3 is 2.80 bits per heavy atom. The van der Waals surface area contributed by atoms with E-state index >= 15 is 0 Å². The predicted octanol–water partition coefficient (Wildman–Crippen LogP) is 2.87. The van der Waals surface area contributed by atoms with E-state index in [1.54, 1.807) is 18.2 Å². The molecule has 2 aromatic rings. The zero-order valence-corrected chi connectivity index (χ0v) is 9.47. The Morgan fingerprint density at radius 1 is 1.40 bits per heavy atom. The Kier molecular flexibility index (Phi) is 2.75. The highest BCUT2D eigenvalue weighted by molar-refractivity contribution is 7.13. The van der Waals surface area contributed by atoms with Gasteiger partial charge in [0.15, 0.2) is 0 Å². The smallest absolute Gasteiger partial charge is 0.299 e. The van der Waals surface area contributed by atoms with Gasteiger partial charge in [0.25, 0.3) is 5.19 Å². The molecule has 0 unspecified atom stereocenters. The van der Waals surface area contributed by atoms with Crippen LogP contribution in [0.5, 0.6) is 10.9 Å². The first-order valence-electron chi connectivity index (χ1n) is 4.18. The molecule has 0 aliphatic rings. The van der Waals surface area contributed by atoms with Gasteiger partial charge >= 0.3 is 0 Å². The van der Waals surface area contributed by atoms with Gasteiger partial charge in [-0.15, -0.1) is 5.10 Å². The van der Waals surface area contributed by atoms with Crippen molar-refractivity contribution in [2.24, 2.45) is 0 Å². The fraction of sp³-hybridized carbons (Fsp3) is 0.111. The van der Waals surface area contributed by atoms with Crippen LogP contribution in [0.1, 0.15) is 5.01 Å². The third kappa shape index (κ3) is 2.37. The molecule has 1 heterocycles. The maximum atomic E-state index is 5.85. The molecule has 0 radical (unpaired) electrons. The van der Waals surface area contributed by atoms with E-state index in [1.165, 1.54) is 11.3 Å². The summed E-state index contributed by atoms with van der Waals surface area (Å²) in [7, 11) is 0. The molecule has 15 heavy (non-hydrogen) atoms. The fourth-order valence-electron chi connectivity index (χ4n) is 0.992. The van der Waals surface area contributed by atoms with Gasteiger partial charge in [-0.3, -0.25) is 0 Å². The van der Waals surface area contributed by atoms with Crippen molar-refractivity contribution in [3.05, 3.63) is 28.2 Å². The molecule has 0 aliphatic heterocycles. The molecule has 1 aromatic carbocycles. The normalized spacial score (nSPS) is 10.3. The number of hydrogen-bond donors (Lipinski definition) is 1. The summed E-state index contributed by atoms with van der Waals surface area (Å²) in [6.45, 7) is 1.86. The summed E-state index contributed by atoms with van der Waals surface area (Å²) in [5.41, 5.74) is 6.10. The van der Waals surface area contributed by atoms with Crippen LogP contribution in [-0.4, -0.2) is 10.2 Å². The highest BCUT2D eigenvalue weighted by Crippen LogP contribution is 2.29. The van der Waals surface area contributed by atoms with E-state index in [0.29, 0.717) is 21.7 Å². The van der Waals surface area contributed by atoms with Gasteiger partial charge in [0.2, 0.25) is 0 Å². The van der Waals surface area contributed by atoms with Gasteiger partial charge in [0.05, 0.1) is 10.7 Å². The largest absolute Gasteiger partial charge is 0.430 e. The van der Waals surface area contributed by atoms with E-state index in [0.717, 1.165) is 5.01 Å². The second-order valence-electron chi connectivity index (χ2n) is 2.87. The fourth-order valence-corrected chi connectivity index (χ4v) is 1.72. The number of halogens is 1. The number of anilines is 1. The molecule has 0 saturated heterocycles. The van der Waals surface area contributed by atoms with E-state index in [1.807, 2.05) is 6.92 Å². The van der Waals surface area contributed by atoms with Crippen LogP contribution in [0.4, 0.5) is 5.69 Å². The molecule has 78 valence electrons. The molecule has 4 nitrogen and oxygen atoms in total. The predicted molar refractivity (Wildman–Crippen MR) is 60.6 cm³/mol. The highest BCUT2D eigenvalue weighted by atomic mass is 35.5. The van der Waals surface area contributed by atoms with E-state index in [-0.39, 0.29) is 0 Å². The molecule has 2 rings (SSSR count). The quantitative estimate of drug-likeness (QED) is 0.822. The van der Waals surface area contributed by atoms with E-state index in [4.69, 9.17) is 22.1 Å². The van der Waals surface area contributed by atoms with Gasteiger partial charge in [-0.2, -0.15) is 0 Å². The van der Waals surface area contributed by atoms with Gasteiger partial charge in [0.1, 0.15) is 10.8 Å². The zero-order valence-electron chi connectivity index (χ0n) is 7.90. The van der Waals surface area contributed by atoms with Crippen LogP contribution < -0.4 is 10.5 Å². The van der Waals surface area contributed by atoms with Crippen LogP contribution in [0.25, 0.3) is 0 Å². The number of nitrogens with two attached hydrogens (primary N) is 1. The van der Waals surface area contributed by atoms with Crippen molar-refractivity contribution in [3.63, 3.8) is 0 Å². The number of ether oxygens (including phenoxy) is 1. The third-order valence-corrected chi connectivity index (χ3v) is 2.73. The number of nitrogens with zero attached hydrogens (tertiary/aromatic N) is 2. The number of aromatic nitrogens is 2. The number of hydrogen-bond acceptors (Lipinski definition) is 5. The number of nitrogen functional groups attached to an aromatic ring is 1. The van der Waals surface area contributed by atoms with Gasteiger partial charge in [-0.05, 0) is 19.1 Å². The summed E-state index contributed by atoms with van der Waals surface area (Å²) < 4.78 is 5.44. The van der Waals surface area contributed by atoms with Crippen molar-refractivity contribution < 1.29 is 4.74 Å². The molecule has 0 amide bonds. The van der Waals surface area contributed by atoms with Gasteiger partial charge in [-0.25, -0.2) is 0 Å². The molecular weight excluding hydrogens is 234 g/mol. The molecule has 2 N–H and O–H groups in total. The lowest BCUT2D eigenvalue weighted by atomic mass is 10.3. The first-order valence-corrected chi connectivity index (χ1v) is 5.37. The maximum Gasteiger partial charge on any atom is 0.299 e. The van der Waals surface area contributed by atoms with Gasteiger partial charge in [0, 0.05) is 6.07 Å². The first-order chi connectivity index (χ1) is 7.15. The lowest BCUT2D eigenvalue weighted by Gasteiger charge is -2.02. The number of rotatable bonds is 2. The average Bonchev–Trinajstić information content (AvgIpc) is 2.58. The second-order valence-corrected chi connectivity index (χ2v) is 4.42. The van der Waals surface area contributed by atoms with Gasteiger partial charge in [-0.1, -0.05) is 28.0 Å². The number of aryl methyl sites for hydroxylation is 1. The van der Waals surface area contributed by atoms with Gasteiger partial charge < -0.3 is 10.5 Å². The molecule has 0 aliphatic carbocycles. The number of benzene rings is 1. The van der Waals surface area contributed by atoms with E-state index in [9.17, 15) is 0 Å². The molecule has 0 atom stereocenters. The molecule has 0 bridgehead atoms. The van der Waals surface area contributed by atoms with Crippen molar-refractivity contribution in [1.82, 2.24) is 10.2 Å². The van der Waals surface area contributed by atoms with Crippen molar-refractivity contribution in [1.29, 1.82) is 0 Å². The molecular formula is C9H8ClN3OS. The van der Waals surface area contributed by atoms with Crippen LogP contribution in [0, 0.1) is 6.92 Å². The lowest BCUT2D eigenvalue weighted by Crippen LogP contribution is -1.88. The Bertz CT molecular complexity index is 486. The molecule has 1 aromatic heterocycles. The van der Waals surface area contributed by atoms with Crippen LogP contribution in [0.3, 0.4) is 0 Å². The average molecular weight is 242 g/mol. The summed E-state index contributed by atoms with van der Waals surface area (Å²) >= 11 is 7.22. The first kappa shape index (κ1) is 10.2. The summed E-state index contributed by atoms with van der Waals surface area (Å²) in [6, 6.07) is 5.07. The van der Waals surface area contributed by atoms with Crippen molar-refractivity contribution in [3.8, 4) is 10.9 Å². The Hall–Kier alpha value is -1.33. The minimum Gasteiger partial charge on any atom is -0.430 e. The summed E-state index contributed by atoms with van der Waals surface area (Å²) in [6.07, 6.45) is 0. The topological polar surface area (TPSA) is 61.0 Å². The van der Waals surface area contributed by atoms with Crippen LogP contribution >= 0.6 is 22.9 Å². The summed E-state index contributed by atoms with van der Waals surface area (Å²) in [5.74, 6) is 0.602. The van der Waals surface area contributed by atoms with Crippen molar-refractivity contribution in [2.75, 3.05) is 5.73 Å². The second kappa shape index (κ2) is 4.04. The molecule has 0 fully saturated rings. The SMILES string of the molecule is Cc1nnc(Oc2ccc(N)c(Cl)c2)s1. The Labute approximate surface area is 95.7 Å². The van der Waals surface area contributed by atoms with Crippen LogP contribution in [0.2, 0.25) is 5.02 Å². The lowest BCUT2D eigenvalue weighted by molar-refractivity contribution is 0.473. The minimum absolute atomic E-state index is 0.466. The molecule has 6 heteroatoms. The Morgan fingerprint density at radius 2 is 2.20 bits per heavy atom. The molecule has 0 spiro atoms. The minimum atomic E-state index is 0.466. The van der Waals surface area contributed by atoms with Crippen molar-refractivity contribution in [2.45, 2.75) is 6.92 Å². The monoisotopic (exact) mass is 241 g/mol. The Balaban J connectivity index is 2.21. The maximum absolute atomic E-state index is 5.85.